The van der Waals surface area contributed by atoms with Gasteiger partial charge in [-0.05, 0) is 42.5 Å². The summed E-state index contributed by atoms with van der Waals surface area (Å²) in [5.74, 6) is -7.58. The normalized spacial score (nSPS) is 11.8. The second kappa shape index (κ2) is 8.40. The standard InChI is InChI=1S/C21H13F6N2O3/c1-29-9-8-14(11-18(29)30)28-19(31)16-7-2-12(20(23,24)21(25,26)27)10-17(16)32-15-5-3-13(22)4-6-15/h2-11H,1H2,(H,28,31). The molecule has 0 aliphatic heterocycles. The lowest BCUT2D eigenvalue weighted by molar-refractivity contribution is -0.289. The van der Waals surface area contributed by atoms with E-state index in [4.69, 9.17) is 4.74 Å². The zero-order valence-corrected chi connectivity index (χ0v) is 15.9. The van der Waals surface area contributed by atoms with Crippen molar-refractivity contribution in [3.63, 3.8) is 0 Å². The number of rotatable bonds is 5. The van der Waals surface area contributed by atoms with E-state index in [-0.39, 0.29) is 11.4 Å². The van der Waals surface area contributed by atoms with Gasteiger partial charge >= 0.3 is 12.1 Å². The van der Waals surface area contributed by atoms with Crippen LogP contribution < -0.4 is 15.6 Å². The van der Waals surface area contributed by atoms with Crippen LogP contribution in [0, 0.1) is 12.9 Å². The molecule has 0 fully saturated rings. The molecule has 0 saturated heterocycles. The lowest BCUT2D eigenvalue weighted by Crippen LogP contribution is -2.33. The van der Waals surface area contributed by atoms with E-state index in [1.807, 2.05) is 0 Å². The fraction of sp³-hybridized carbons (Fsp3) is 0.0952. The lowest BCUT2D eigenvalue weighted by Gasteiger charge is -2.21. The molecular weight excluding hydrogens is 442 g/mol. The highest BCUT2D eigenvalue weighted by Gasteiger charge is 2.58. The number of hydrogen-bond acceptors (Lipinski definition) is 3. The molecule has 32 heavy (non-hydrogen) atoms. The summed E-state index contributed by atoms with van der Waals surface area (Å²) in [6, 6.07) is 8.02. The zero-order valence-electron chi connectivity index (χ0n) is 15.9. The third kappa shape index (κ3) is 4.76. The van der Waals surface area contributed by atoms with Crippen LogP contribution in [0.3, 0.4) is 0 Å². The largest absolute Gasteiger partial charge is 0.458 e. The van der Waals surface area contributed by atoms with Crippen LogP contribution in [-0.4, -0.2) is 16.7 Å². The summed E-state index contributed by atoms with van der Waals surface area (Å²) in [6.07, 6.45) is -4.64. The van der Waals surface area contributed by atoms with Crippen LogP contribution in [0.1, 0.15) is 15.9 Å². The predicted octanol–water partition coefficient (Wildman–Crippen LogP) is 5.33. The third-order valence-electron chi connectivity index (χ3n) is 4.24. The van der Waals surface area contributed by atoms with Crippen molar-refractivity contribution in [3.8, 4) is 11.5 Å². The molecule has 3 rings (SSSR count). The molecule has 0 spiro atoms. The van der Waals surface area contributed by atoms with E-state index in [1.54, 1.807) is 0 Å². The predicted molar refractivity (Wildman–Crippen MR) is 102 cm³/mol. The molecule has 0 bridgehead atoms. The first-order valence-corrected chi connectivity index (χ1v) is 8.76. The number of nitrogens with one attached hydrogen (secondary N) is 1. The third-order valence-corrected chi connectivity index (χ3v) is 4.24. The summed E-state index contributed by atoms with van der Waals surface area (Å²) in [5.41, 5.74) is -2.41. The van der Waals surface area contributed by atoms with Gasteiger partial charge in [-0.25, -0.2) is 4.39 Å². The fourth-order valence-electron chi connectivity index (χ4n) is 2.57. The van der Waals surface area contributed by atoms with E-state index in [0.717, 1.165) is 41.0 Å². The van der Waals surface area contributed by atoms with E-state index in [1.165, 1.54) is 12.3 Å². The van der Waals surface area contributed by atoms with Gasteiger partial charge in [0, 0.05) is 30.6 Å². The summed E-state index contributed by atoms with van der Waals surface area (Å²) in [4.78, 5) is 24.3. The van der Waals surface area contributed by atoms with Gasteiger partial charge in [0.1, 0.15) is 17.3 Å². The Labute approximate surface area is 176 Å². The number of nitrogens with zero attached hydrogens (tertiary/aromatic N) is 1. The van der Waals surface area contributed by atoms with Crippen LogP contribution in [0.2, 0.25) is 0 Å². The molecule has 0 atom stereocenters. The minimum absolute atomic E-state index is 0.0253. The second-order valence-electron chi connectivity index (χ2n) is 6.52. The van der Waals surface area contributed by atoms with Gasteiger partial charge in [0.25, 0.3) is 11.5 Å². The average molecular weight is 455 g/mol. The summed E-state index contributed by atoms with van der Waals surface area (Å²) in [5, 5.41) is 2.32. The van der Waals surface area contributed by atoms with E-state index in [0.29, 0.717) is 12.1 Å². The van der Waals surface area contributed by atoms with Crippen molar-refractivity contribution >= 4 is 11.6 Å². The number of alkyl halides is 5. The van der Waals surface area contributed by atoms with Gasteiger partial charge in [-0.15, -0.1) is 0 Å². The molecule has 1 N–H and O–H groups in total. The number of ether oxygens (including phenoxy) is 1. The SMILES string of the molecule is [CH2]n1ccc(NC(=O)c2ccc(C(F)(F)C(F)(F)F)cc2Oc2ccc(F)cc2)cc1=O. The van der Waals surface area contributed by atoms with E-state index in [2.05, 4.69) is 12.4 Å². The van der Waals surface area contributed by atoms with Crippen molar-refractivity contribution in [3.05, 3.63) is 95.1 Å². The Kier molecular flexibility index (Phi) is 6.02. The smallest absolute Gasteiger partial charge is 0.457 e. The number of hydrogen-bond donors (Lipinski definition) is 1. The quantitative estimate of drug-likeness (QED) is 0.530. The number of carbonyl (C=O) groups excluding carboxylic acids is 1. The summed E-state index contributed by atoms with van der Waals surface area (Å²) in [7, 11) is 3.40. The maximum atomic E-state index is 13.8. The van der Waals surface area contributed by atoms with Crippen LogP contribution in [0.5, 0.6) is 11.5 Å². The molecule has 167 valence electrons. The second-order valence-corrected chi connectivity index (χ2v) is 6.52. The average Bonchev–Trinajstić information content (AvgIpc) is 2.71. The zero-order chi connectivity index (χ0) is 23.7. The van der Waals surface area contributed by atoms with Crippen LogP contribution in [0.4, 0.5) is 32.0 Å². The number of aromatic nitrogens is 1. The molecule has 0 aliphatic rings. The van der Waals surface area contributed by atoms with Crippen molar-refractivity contribution in [2.45, 2.75) is 12.1 Å². The van der Waals surface area contributed by atoms with Crippen molar-refractivity contribution < 1.29 is 35.9 Å². The Morgan fingerprint density at radius 1 is 0.969 bits per heavy atom. The van der Waals surface area contributed by atoms with Gasteiger partial charge < -0.3 is 14.6 Å². The van der Waals surface area contributed by atoms with Crippen molar-refractivity contribution in [2.24, 2.45) is 0 Å². The summed E-state index contributed by atoms with van der Waals surface area (Å²) in [6.45, 7) is 0. The minimum Gasteiger partial charge on any atom is -0.457 e. The van der Waals surface area contributed by atoms with Gasteiger partial charge in [-0.3, -0.25) is 9.59 Å². The van der Waals surface area contributed by atoms with Crippen LogP contribution in [0.15, 0.2) is 65.6 Å². The molecule has 0 saturated carbocycles. The molecule has 0 unspecified atom stereocenters. The highest BCUT2D eigenvalue weighted by atomic mass is 19.4. The van der Waals surface area contributed by atoms with E-state index >= 15 is 0 Å². The molecular formula is C21H13F6N2O3. The summed E-state index contributed by atoms with van der Waals surface area (Å²) >= 11 is 0. The molecule has 1 aromatic heterocycles. The van der Waals surface area contributed by atoms with Crippen LogP contribution in [0.25, 0.3) is 0 Å². The number of amides is 1. The number of carbonyl (C=O) groups is 1. The molecule has 1 heterocycles. The molecule has 1 amide bonds. The van der Waals surface area contributed by atoms with Gasteiger partial charge in [-0.1, -0.05) is 6.07 Å². The van der Waals surface area contributed by atoms with Crippen molar-refractivity contribution in [1.29, 1.82) is 0 Å². The van der Waals surface area contributed by atoms with Gasteiger partial charge in [-0.2, -0.15) is 22.0 Å². The monoisotopic (exact) mass is 455 g/mol. The highest BCUT2D eigenvalue weighted by molar-refractivity contribution is 6.06. The Morgan fingerprint density at radius 3 is 2.22 bits per heavy atom. The van der Waals surface area contributed by atoms with E-state index < -0.39 is 46.3 Å². The first kappa shape index (κ1) is 22.9. The maximum Gasteiger partial charge on any atom is 0.458 e. The lowest BCUT2D eigenvalue weighted by atomic mass is 10.0. The maximum absolute atomic E-state index is 13.8. The fourth-order valence-corrected chi connectivity index (χ4v) is 2.57. The first-order chi connectivity index (χ1) is 14.9. The minimum atomic E-state index is -5.89. The van der Waals surface area contributed by atoms with E-state index in [9.17, 15) is 35.9 Å². The molecule has 2 aromatic carbocycles. The van der Waals surface area contributed by atoms with Gasteiger partial charge in [0.2, 0.25) is 0 Å². The Hall–Kier alpha value is -3.76. The Balaban J connectivity index is 2.03. The van der Waals surface area contributed by atoms with Gasteiger partial charge in [0.05, 0.1) is 5.56 Å². The molecule has 3 aromatic rings. The van der Waals surface area contributed by atoms with Crippen molar-refractivity contribution in [1.82, 2.24) is 4.57 Å². The number of benzene rings is 2. The molecule has 5 nitrogen and oxygen atoms in total. The Morgan fingerprint density at radius 2 is 1.62 bits per heavy atom. The van der Waals surface area contributed by atoms with Crippen LogP contribution in [-0.2, 0) is 5.92 Å². The number of halogens is 6. The van der Waals surface area contributed by atoms with Gasteiger partial charge in [0.15, 0.2) is 0 Å². The number of pyridine rings is 1. The molecule has 11 heteroatoms. The first-order valence-electron chi connectivity index (χ1n) is 8.76. The molecule has 1 radical (unpaired) electrons. The topological polar surface area (TPSA) is 60.3 Å². The number of anilines is 1. The molecule has 0 aliphatic carbocycles. The van der Waals surface area contributed by atoms with Crippen molar-refractivity contribution in [2.75, 3.05) is 5.32 Å². The van der Waals surface area contributed by atoms with Crippen LogP contribution >= 0.6 is 0 Å². The highest BCUT2D eigenvalue weighted by Crippen LogP contribution is 2.45. The summed E-state index contributed by atoms with van der Waals surface area (Å²) < 4.78 is 85.4. The Bertz CT molecular complexity index is 1200.